The van der Waals surface area contributed by atoms with Crippen LogP contribution in [0.3, 0.4) is 0 Å². The molecule has 1 unspecified atom stereocenters. The number of fused-ring (bicyclic) bond motifs is 3. The van der Waals surface area contributed by atoms with E-state index in [1.165, 1.54) is 0 Å². The normalized spacial score (nSPS) is 38.4. The zero-order valence-electron chi connectivity index (χ0n) is 15.6. The molecule has 1 aromatic rings. The molecule has 6 nitrogen and oxygen atoms in total. The second kappa shape index (κ2) is 5.86. The van der Waals surface area contributed by atoms with Crippen molar-refractivity contribution in [2.45, 2.75) is 69.5 Å². The minimum atomic E-state index is -1.36. The van der Waals surface area contributed by atoms with Gasteiger partial charge in [-0.15, -0.1) is 0 Å². The predicted octanol–water partition coefficient (Wildman–Crippen LogP) is 2.76. The van der Waals surface area contributed by atoms with Crippen molar-refractivity contribution in [2.75, 3.05) is 6.61 Å². The minimum absolute atomic E-state index is 0.256. The third kappa shape index (κ3) is 2.81. The Labute approximate surface area is 153 Å². The van der Waals surface area contributed by atoms with Gasteiger partial charge in [-0.05, 0) is 38.8 Å². The Balaban J connectivity index is 1.70. The van der Waals surface area contributed by atoms with Crippen LogP contribution >= 0.6 is 0 Å². The third-order valence-electron chi connectivity index (χ3n) is 5.07. The zero-order chi connectivity index (χ0) is 18.7. The molecule has 3 aliphatic heterocycles. The Morgan fingerprint density at radius 2 is 1.77 bits per heavy atom. The molecule has 1 N–H and O–H groups in total. The van der Waals surface area contributed by atoms with Gasteiger partial charge in [-0.25, -0.2) is 0 Å². The van der Waals surface area contributed by atoms with Crippen LogP contribution in [0.5, 0.6) is 0 Å². The van der Waals surface area contributed by atoms with Gasteiger partial charge >= 0.3 is 0 Å². The van der Waals surface area contributed by atoms with E-state index in [4.69, 9.17) is 23.7 Å². The Morgan fingerprint density at radius 3 is 2.42 bits per heavy atom. The third-order valence-corrected chi connectivity index (χ3v) is 5.07. The summed E-state index contributed by atoms with van der Waals surface area (Å²) in [6.07, 6.45) is -0.560. The molecule has 0 bridgehead atoms. The molecule has 3 heterocycles. The zero-order valence-corrected chi connectivity index (χ0v) is 15.6. The summed E-state index contributed by atoms with van der Waals surface area (Å²) in [5.41, 5.74) is 1.65. The molecule has 3 saturated heterocycles. The van der Waals surface area contributed by atoms with E-state index in [-0.39, 0.29) is 18.8 Å². The molecule has 26 heavy (non-hydrogen) atoms. The maximum Gasteiger partial charge on any atom is 0.231 e. The number of aliphatic hydroxyl groups is 1. The van der Waals surface area contributed by atoms with Crippen molar-refractivity contribution in [1.82, 2.24) is 0 Å². The number of hydrogen-bond donors (Lipinski definition) is 1. The van der Waals surface area contributed by atoms with Crippen LogP contribution in [0.15, 0.2) is 30.8 Å². The van der Waals surface area contributed by atoms with Crippen molar-refractivity contribution >= 4 is 6.08 Å². The summed E-state index contributed by atoms with van der Waals surface area (Å²) < 4.78 is 30.3. The quantitative estimate of drug-likeness (QED) is 0.892. The second-order valence-corrected chi connectivity index (χ2v) is 7.98. The molecule has 0 aromatic heterocycles. The van der Waals surface area contributed by atoms with Crippen molar-refractivity contribution < 1.29 is 28.8 Å². The highest BCUT2D eigenvalue weighted by atomic mass is 16.9. The number of benzene rings is 1. The summed E-state index contributed by atoms with van der Waals surface area (Å²) in [5.74, 6) is -3.01. The Morgan fingerprint density at radius 1 is 1.08 bits per heavy atom. The Bertz CT molecular complexity index is 697. The van der Waals surface area contributed by atoms with Gasteiger partial charge in [0.05, 0.1) is 6.61 Å². The van der Waals surface area contributed by atoms with E-state index in [1.54, 1.807) is 19.9 Å². The lowest BCUT2D eigenvalue weighted by molar-refractivity contribution is -0.320. The van der Waals surface area contributed by atoms with E-state index in [0.717, 1.165) is 5.56 Å². The SMILES string of the molecule is C=Cc1ccc(C(O)[C@@]23OC[C@H]4OC(C)(C)O[C@H]4[C@@H]2OC(C)(C)O3)cc1. The first-order chi connectivity index (χ1) is 12.2. The molecule has 4 rings (SSSR count). The fourth-order valence-electron chi connectivity index (χ4n) is 4.06. The molecule has 3 fully saturated rings. The molecular weight excluding hydrogens is 336 g/mol. The van der Waals surface area contributed by atoms with Gasteiger partial charge in [0.15, 0.2) is 11.6 Å². The van der Waals surface area contributed by atoms with E-state index >= 15 is 0 Å². The lowest BCUT2D eigenvalue weighted by Gasteiger charge is -2.43. The van der Waals surface area contributed by atoms with Gasteiger partial charge < -0.3 is 28.8 Å². The molecule has 142 valence electrons. The van der Waals surface area contributed by atoms with Gasteiger partial charge in [0, 0.05) is 0 Å². The number of hydrogen-bond acceptors (Lipinski definition) is 6. The molecule has 0 spiro atoms. The molecular formula is C20H26O6. The average molecular weight is 362 g/mol. The molecule has 1 aromatic carbocycles. The van der Waals surface area contributed by atoms with Crippen LogP contribution in [-0.2, 0) is 23.7 Å². The van der Waals surface area contributed by atoms with E-state index in [2.05, 4.69) is 6.58 Å². The van der Waals surface area contributed by atoms with E-state index in [1.807, 2.05) is 38.1 Å². The van der Waals surface area contributed by atoms with Gasteiger partial charge in [0.2, 0.25) is 5.79 Å². The highest BCUT2D eigenvalue weighted by Gasteiger charge is 2.68. The minimum Gasteiger partial charge on any atom is -0.383 e. The van der Waals surface area contributed by atoms with E-state index in [9.17, 15) is 5.11 Å². The largest absolute Gasteiger partial charge is 0.383 e. The van der Waals surface area contributed by atoms with Gasteiger partial charge in [0.1, 0.15) is 24.4 Å². The monoisotopic (exact) mass is 362 g/mol. The maximum absolute atomic E-state index is 11.2. The molecule has 0 radical (unpaired) electrons. The highest BCUT2D eigenvalue weighted by Crippen LogP contribution is 2.52. The topological polar surface area (TPSA) is 66.4 Å². The summed E-state index contributed by atoms with van der Waals surface area (Å²) >= 11 is 0. The van der Waals surface area contributed by atoms with Crippen LogP contribution in [-0.4, -0.2) is 47.4 Å². The Hall–Kier alpha value is -1.28. The van der Waals surface area contributed by atoms with Crippen molar-refractivity contribution in [3.63, 3.8) is 0 Å². The van der Waals surface area contributed by atoms with Crippen LogP contribution < -0.4 is 0 Å². The molecule has 0 aliphatic carbocycles. The van der Waals surface area contributed by atoms with Crippen LogP contribution in [0.1, 0.15) is 44.9 Å². The first-order valence-electron chi connectivity index (χ1n) is 8.94. The van der Waals surface area contributed by atoms with Gasteiger partial charge in [-0.1, -0.05) is 36.9 Å². The molecule has 0 saturated carbocycles. The molecule has 0 amide bonds. The van der Waals surface area contributed by atoms with Gasteiger partial charge in [0.25, 0.3) is 0 Å². The number of rotatable bonds is 3. The molecule has 5 atom stereocenters. The number of ether oxygens (including phenoxy) is 5. The smallest absolute Gasteiger partial charge is 0.231 e. The van der Waals surface area contributed by atoms with Crippen molar-refractivity contribution in [3.8, 4) is 0 Å². The molecule has 6 heteroatoms. The van der Waals surface area contributed by atoms with Gasteiger partial charge in [-0.2, -0.15) is 0 Å². The standard InChI is InChI=1S/C20H26O6/c1-6-12-7-9-13(10-8-12)16(21)20-17(25-19(4,5)26-20)15-14(11-22-20)23-18(2,3)24-15/h6-10,14-17,21H,1,11H2,2-5H3/t14-,15-,16?,17+,20+/m1/s1. The van der Waals surface area contributed by atoms with Crippen molar-refractivity contribution in [1.29, 1.82) is 0 Å². The summed E-state index contributed by atoms with van der Waals surface area (Å²) in [7, 11) is 0. The van der Waals surface area contributed by atoms with E-state index in [0.29, 0.717) is 5.56 Å². The summed E-state index contributed by atoms with van der Waals surface area (Å²) in [6, 6.07) is 7.46. The number of aliphatic hydroxyl groups excluding tert-OH is 1. The highest BCUT2D eigenvalue weighted by molar-refractivity contribution is 5.47. The Kier molecular flexibility index (Phi) is 4.08. The van der Waals surface area contributed by atoms with Crippen LogP contribution in [0.4, 0.5) is 0 Å². The first-order valence-corrected chi connectivity index (χ1v) is 8.94. The van der Waals surface area contributed by atoms with Crippen LogP contribution in [0, 0.1) is 0 Å². The maximum atomic E-state index is 11.2. The fourth-order valence-corrected chi connectivity index (χ4v) is 4.06. The summed E-state index contributed by atoms with van der Waals surface area (Å²) in [4.78, 5) is 0. The average Bonchev–Trinajstić information content (AvgIpc) is 3.06. The lowest BCUT2D eigenvalue weighted by atomic mass is 9.89. The molecule has 3 aliphatic rings. The van der Waals surface area contributed by atoms with Crippen molar-refractivity contribution in [3.05, 3.63) is 42.0 Å². The van der Waals surface area contributed by atoms with Gasteiger partial charge in [-0.3, -0.25) is 0 Å². The van der Waals surface area contributed by atoms with E-state index < -0.39 is 29.6 Å². The van der Waals surface area contributed by atoms with Crippen LogP contribution in [0.2, 0.25) is 0 Å². The summed E-state index contributed by atoms with van der Waals surface area (Å²) in [6.45, 7) is 11.3. The fraction of sp³-hybridized carbons (Fsp3) is 0.600. The van der Waals surface area contributed by atoms with Crippen LogP contribution in [0.25, 0.3) is 6.08 Å². The first kappa shape index (κ1) is 18.1. The second-order valence-electron chi connectivity index (χ2n) is 7.98. The lowest BCUT2D eigenvalue weighted by Crippen LogP contribution is -2.61. The van der Waals surface area contributed by atoms with Crippen molar-refractivity contribution in [2.24, 2.45) is 0 Å². The summed E-state index contributed by atoms with van der Waals surface area (Å²) in [5, 5.41) is 11.2. The predicted molar refractivity (Wildman–Crippen MR) is 94.0 cm³/mol.